The van der Waals surface area contributed by atoms with E-state index in [0.29, 0.717) is 16.5 Å². The number of rotatable bonds is 3. The highest BCUT2D eigenvalue weighted by atomic mass is 35.5. The van der Waals surface area contributed by atoms with E-state index in [2.05, 4.69) is 47.6 Å². The van der Waals surface area contributed by atoms with Crippen LogP contribution in [0, 0.1) is 0 Å². The van der Waals surface area contributed by atoms with Crippen LogP contribution in [0.5, 0.6) is 0 Å². The lowest BCUT2D eigenvalue weighted by molar-refractivity contribution is 0.102. The first-order chi connectivity index (χ1) is 13.1. The van der Waals surface area contributed by atoms with Gasteiger partial charge in [-0.25, -0.2) is 0 Å². The van der Waals surface area contributed by atoms with E-state index in [9.17, 15) is 4.79 Å². The Kier molecular flexibility index (Phi) is 5.15. The lowest BCUT2D eigenvalue weighted by Crippen LogP contribution is -2.29. The van der Waals surface area contributed by atoms with Crippen LogP contribution >= 0.6 is 11.6 Å². The van der Waals surface area contributed by atoms with Gasteiger partial charge in [-0.2, -0.15) is 0 Å². The molecule has 4 heteroatoms. The molecule has 3 aromatic rings. The molecular weight excluding hydrogens is 356 g/mol. The van der Waals surface area contributed by atoms with Crippen LogP contribution < -0.4 is 5.32 Å². The van der Waals surface area contributed by atoms with Crippen molar-refractivity contribution in [3.8, 4) is 0 Å². The number of fused-ring (bicyclic) bond motifs is 1. The predicted molar refractivity (Wildman–Crippen MR) is 113 cm³/mol. The van der Waals surface area contributed by atoms with Gasteiger partial charge in [0.25, 0.3) is 5.91 Å². The van der Waals surface area contributed by atoms with Crippen molar-refractivity contribution in [3.63, 3.8) is 0 Å². The summed E-state index contributed by atoms with van der Waals surface area (Å²) in [6.45, 7) is 2.27. The van der Waals surface area contributed by atoms with E-state index in [1.165, 1.54) is 29.2 Å². The van der Waals surface area contributed by atoms with Crippen LogP contribution in [0.4, 0.5) is 5.69 Å². The Balaban J connectivity index is 1.62. The second kappa shape index (κ2) is 7.71. The maximum Gasteiger partial charge on any atom is 0.255 e. The van der Waals surface area contributed by atoms with E-state index in [1.807, 2.05) is 6.07 Å². The Hall–Kier alpha value is -2.36. The van der Waals surface area contributed by atoms with Gasteiger partial charge in [0.1, 0.15) is 0 Å². The van der Waals surface area contributed by atoms with Crippen LogP contribution in [-0.4, -0.2) is 30.9 Å². The zero-order valence-corrected chi connectivity index (χ0v) is 16.2. The Bertz CT molecular complexity index is 960. The van der Waals surface area contributed by atoms with Crippen molar-refractivity contribution in [2.45, 2.75) is 18.8 Å². The molecule has 4 rings (SSSR count). The molecule has 0 aliphatic carbocycles. The molecule has 138 valence electrons. The monoisotopic (exact) mass is 378 g/mol. The standard InChI is InChI=1S/C23H23ClN2O/c1-26-13-11-17(12-14-26)21-4-2-3-16-7-10-20(15-22(16)21)25-23(27)18-5-8-19(24)9-6-18/h2-10,15,17H,11-14H2,1H3,(H,25,27). The van der Waals surface area contributed by atoms with Crippen molar-refractivity contribution in [2.24, 2.45) is 0 Å². The third-order valence-corrected chi connectivity index (χ3v) is 5.69. The molecule has 0 bridgehead atoms. The van der Waals surface area contributed by atoms with Gasteiger partial charge in [-0.3, -0.25) is 4.79 Å². The summed E-state index contributed by atoms with van der Waals surface area (Å²) in [5.74, 6) is 0.454. The Morgan fingerprint density at radius 1 is 1.04 bits per heavy atom. The van der Waals surface area contributed by atoms with E-state index in [1.54, 1.807) is 24.3 Å². The van der Waals surface area contributed by atoms with Gasteiger partial charge >= 0.3 is 0 Å². The van der Waals surface area contributed by atoms with E-state index in [0.717, 1.165) is 18.8 Å². The topological polar surface area (TPSA) is 32.3 Å². The molecule has 1 saturated heterocycles. The highest BCUT2D eigenvalue weighted by molar-refractivity contribution is 6.30. The van der Waals surface area contributed by atoms with Crippen molar-refractivity contribution >= 4 is 34.0 Å². The van der Waals surface area contributed by atoms with Crippen LogP contribution in [0.3, 0.4) is 0 Å². The van der Waals surface area contributed by atoms with E-state index >= 15 is 0 Å². The first-order valence-electron chi connectivity index (χ1n) is 9.38. The van der Waals surface area contributed by atoms with Gasteiger partial charge < -0.3 is 10.2 Å². The molecule has 3 aromatic carbocycles. The zero-order chi connectivity index (χ0) is 18.8. The van der Waals surface area contributed by atoms with Gasteiger partial charge in [-0.1, -0.05) is 35.9 Å². The average molecular weight is 379 g/mol. The van der Waals surface area contributed by atoms with Crippen molar-refractivity contribution in [1.82, 2.24) is 4.90 Å². The number of piperidine rings is 1. The zero-order valence-electron chi connectivity index (χ0n) is 15.4. The summed E-state index contributed by atoms with van der Waals surface area (Å²) < 4.78 is 0. The molecule has 1 heterocycles. The molecule has 0 unspecified atom stereocenters. The smallest absolute Gasteiger partial charge is 0.255 e. The SMILES string of the molecule is CN1CCC(c2cccc3ccc(NC(=O)c4ccc(Cl)cc4)cc23)CC1. The summed E-state index contributed by atoms with van der Waals surface area (Å²) in [5.41, 5.74) is 2.81. The largest absolute Gasteiger partial charge is 0.322 e. The van der Waals surface area contributed by atoms with Crippen molar-refractivity contribution < 1.29 is 4.79 Å². The van der Waals surface area contributed by atoms with E-state index in [4.69, 9.17) is 11.6 Å². The number of likely N-dealkylation sites (tertiary alicyclic amines) is 1. The van der Waals surface area contributed by atoms with Crippen molar-refractivity contribution in [3.05, 3.63) is 76.8 Å². The molecule has 1 N–H and O–H groups in total. The molecule has 0 spiro atoms. The highest BCUT2D eigenvalue weighted by Gasteiger charge is 2.20. The summed E-state index contributed by atoms with van der Waals surface area (Å²) in [4.78, 5) is 14.9. The summed E-state index contributed by atoms with van der Waals surface area (Å²) in [5, 5.41) is 6.10. The Labute approximate surface area is 164 Å². The molecule has 1 aliphatic rings. The molecular formula is C23H23ClN2O. The number of carbonyl (C=O) groups excluding carboxylic acids is 1. The van der Waals surface area contributed by atoms with E-state index < -0.39 is 0 Å². The lowest BCUT2D eigenvalue weighted by atomic mass is 9.86. The molecule has 0 radical (unpaired) electrons. The highest BCUT2D eigenvalue weighted by Crippen LogP contribution is 2.34. The summed E-state index contributed by atoms with van der Waals surface area (Å²) in [6.07, 6.45) is 2.36. The third-order valence-electron chi connectivity index (χ3n) is 5.44. The number of benzene rings is 3. The third kappa shape index (κ3) is 4.00. The molecule has 0 aromatic heterocycles. The summed E-state index contributed by atoms with van der Waals surface area (Å²) in [6, 6.07) is 19.6. The van der Waals surface area contributed by atoms with Gasteiger partial charge in [-0.15, -0.1) is 0 Å². The van der Waals surface area contributed by atoms with Crippen LogP contribution in [-0.2, 0) is 0 Å². The second-order valence-corrected chi connectivity index (χ2v) is 7.76. The minimum absolute atomic E-state index is 0.122. The van der Waals surface area contributed by atoms with Gasteiger partial charge in [0.15, 0.2) is 0 Å². The number of nitrogens with zero attached hydrogens (tertiary/aromatic N) is 1. The number of amides is 1. The first-order valence-corrected chi connectivity index (χ1v) is 9.76. The quantitative estimate of drug-likeness (QED) is 0.647. The number of hydrogen-bond acceptors (Lipinski definition) is 2. The summed E-state index contributed by atoms with van der Waals surface area (Å²) >= 11 is 5.91. The predicted octanol–water partition coefficient (Wildman–Crippen LogP) is 5.55. The molecule has 0 saturated carbocycles. The summed E-state index contributed by atoms with van der Waals surface area (Å²) in [7, 11) is 2.18. The van der Waals surface area contributed by atoms with Crippen LogP contribution in [0.25, 0.3) is 10.8 Å². The number of anilines is 1. The molecule has 1 fully saturated rings. The lowest BCUT2D eigenvalue weighted by Gasteiger charge is -2.30. The average Bonchev–Trinajstić information content (AvgIpc) is 2.69. The van der Waals surface area contributed by atoms with Gasteiger partial charge in [0.05, 0.1) is 0 Å². The Morgan fingerprint density at radius 3 is 2.52 bits per heavy atom. The van der Waals surface area contributed by atoms with Gasteiger partial charge in [0, 0.05) is 16.3 Å². The fourth-order valence-electron chi connectivity index (χ4n) is 3.85. The van der Waals surface area contributed by atoms with E-state index in [-0.39, 0.29) is 5.91 Å². The van der Waals surface area contributed by atoms with Crippen LogP contribution in [0.15, 0.2) is 60.7 Å². The minimum Gasteiger partial charge on any atom is -0.322 e. The van der Waals surface area contributed by atoms with Gasteiger partial charge in [0.2, 0.25) is 0 Å². The molecule has 27 heavy (non-hydrogen) atoms. The number of carbonyl (C=O) groups is 1. The van der Waals surface area contributed by atoms with Gasteiger partial charge in [-0.05, 0) is 91.6 Å². The number of halogens is 1. The normalized spacial score (nSPS) is 15.8. The minimum atomic E-state index is -0.122. The maximum absolute atomic E-state index is 12.5. The van der Waals surface area contributed by atoms with Crippen LogP contribution in [0.1, 0.15) is 34.7 Å². The Morgan fingerprint density at radius 2 is 1.78 bits per heavy atom. The maximum atomic E-state index is 12.5. The first kappa shape index (κ1) is 18.0. The molecule has 0 atom stereocenters. The number of nitrogens with one attached hydrogen (secondary N) is 1. The molecule has 1 amide bonds. The number of hydrogen-bond donors (Lipinski definition) is 1. The van der Waals surface area contributed by atoms with Crippen LogP contribution in [0.2, 0.25) is 5.02 Å². The second-order valence-electron chi connectivity index (χ2n) is 7.32. The molecule has 1 aliphatic heterocycles. The fourth-order valence-corrected chi connectivity index (χ4v) is 3.98. The van der Waals surface area contributed by atoms with Crippen molar-refractivity contribution in [1.29, 1.82) is 0 Å². The molecule has 3 nitrogen and oxygen atoms in total. The fraction of sp³-hybridized carbons (Fsp3) is 0.261. The van der Waals surface area contributed by atoms with Crippen molar-refractivity contribution in [2.75, 3.05) is 25.5 Å².